The van der Waals surface area contributed by atoms with Crippen LogP contribution >= 0.6 is 46.5 Å². The molecule has 0 N–H and O–H groups in total. The number of benzene rings is 1. The molecule has 1 aromatic carbocycles. The number of nitrogens with zero attached hydrogens (tertiary/aromatic N) is 2. The van der Waals surface area contributed by atoms with E-state index in [-0.39, 0.29) is 0 Å². The van der Waals surface area contributed by atoms with Crippen LogP contribution in [-0.2, 0) is 5.75 Å². The van der Waals surface area contributed by atoms with Gasteiger partial charge in [0.1, 0.15) is 0 Å². The van der Waals surface area contributed by atoms with E-state index in [9.17, 15) is 0 Å². The van der Waals surface area contributed by atoms with Crippen LogP contribution in [0.5, 0.6) is 0 Å². The fourth-order valence-electron chi connectivity index (χ4n) is 1.06. The molecule has 2 nitrogen and oxygen atoms in total. The summed E-state index contributed by atoms with van der Waals surface area (Å²) in [4.78, 5) is 0. The number of hydrogen-bond acceptors (Lipinski definition) is 5. The van der Waals surface area contributed by atoms with E-state index in [1.54, 1.807) is 34.9 Å². The Labute approximate surface area is 112 Å². The smallest absolute Gasteiger partial charge is 0.131 e. The van der Waals surface area contributed by atoms with Gasteiger partial charge >= 0.3 is 0 Å². The molecule has 1 aromatic heterocycles. The molecule has 0 unspecified atom stereocenters. The summed E-state index contributed by atoms with van der Waals surface area (Å²) in [5.41, 5.74) is 1.25. The molecule has 0 aliphatic rings. The Bertz CT molecular complexity index is 455. The van der Waals surface area contributed by atoms with Gasteiger partial charge in [0.15, 0.2) is 8.68 Å². The summed E-state index contributed by atoms with van der Waals surface area (Å²) in [7, 11) is 0. The fourth-order valence-corrected chi connectivity index (χ4v) is 3.58. The van der Waals surface area contributed by atoms with Gasteiger partial charge in [-0.1, -0.05) is 58.6 Å². The summed E-state index contributed by atoms with van der Waals surface area (Å²) in [6.07, 6.45) is 2.01. The lowest BCUT2D eigenvalue weighted by Crippen LogP contribution is -1.79. The van der Waals surface area contributed by atoms with Gasteiger partial charge in [-0.15, -0.1) is 10.2 Å². The average molecular weight is 289 g/mol. The van der Waals surface area contributed by atoms with Crippen LogP contribution in [0.4, 0.5) is 0 Å². The lowest BCUT2D eigenvalue weighted by molar-refractivity contribution is 0.955. The summed E-state index contributed by atoms with van der Waals surface area (Å²) >= 11 is 10.8. The predicted octanol–water partition coefficient (Wildman–Crippen LogP) is 4.21. The number of hydrogen-bond donors (Lipinski definition) is 0. The first kappa shape index (κ1) is 12.2. The molecule has 0 saturated heterocycles. The van der Waals surface area contributed by atoms with Crippen molar-refractivity contribution in [2.24, 2.45) is 0 Å². The highest BCUT2D eigenvalue weighted by molar-refractivity contribution is 8.02. The molecular formula is C10H9ClN2S3. The molecule has 0 radical (unpaired) electrons. The molecule has 0 atom stereocenters. The van der Waals surface area contributed by atoms with E-state index in [1.807, 2.05) is 30.5 Å². The van der Waals surface area contributed by atoms with Gasteiger partial charge in [-0.25, -0.2) is 0 Å². The Morgan fingerprint density at radius 3 is 2.50 bits per heavy atom. The highest BCUT2D eigenvalue weighted by Gasteiger charge is 2.03. The minimum Gasteiger partial charge on any atom is -0.131 e. The fraction of sp³-hybridized carbons (Fsp3) is 0.200. The Kier molecular flexibility index (Phi) is 4.52. The van der Waals surface area contributed by atoms with Crippen molar-refractivity contribution in [1.29, 1.82) is 0 Å². The van der Waals surface area contributed by atoms with Crippen molar-refractivity contribution < 1.29 is 0 Å². The summed E-state index contributed by atoms with van der Waals surface area (Å²) in [6.45, 7) is 0. The lowest BCUT2D eigenvalue weighted by atomic mass is 10.2. The van der Waals surface area contributed by atoms with Crippen molar-refractivity contribution in [2.45, 2.75) is 14.4 Å². The zero-order valence-corrected chi connectivity index (χ0v) is 11.7. The van der Waals surface area contributed by atoms with E-state index in [2.05, 4.69) is 10.2 Å². The van der Waals surface area contributed by atoms with Crippen LogP contribution in [0, 0.1) is 0 Å². The second-order valence-corrected chi connectivity index (χ2v) is 6.64. The monoisotopic (exact) mass is 288 g/mol. The molecule has 84 valence electrons. The predicted molar refractivity (Wildman–Crippen MR) is 72.7 cm³/mol. The van der Waals surface area contributed by atoms with Gasteiger partial charge in [0.2, 0.25) is 0 Å². The van der Waals surface area contributed by atoms with E-state index in [0.717, 1.165) is 19.5 Å². The highest BCUT2D eigenvalue weighted by atomic mass is 35.5. The maximum Gasteiger partial charge on any atom is 0.175 e. The van der Waals surface area contributed by atoms with Crippen molar-refractivity contribution >= 4 is 46.5 Å². The Hall–Kier alpha value is -0.230. The van der Waals surface area contributed by atoms with Crippen LogP contribution in [-0.4, -0.2) is 16.5 Å². The molecule has 0 fully saturated rings. The van der Waals surface area contributed by atoms with Crippen LogP contribution in [0.1, 0.15) is 5.56 Å². The summed E-state index contributed by atoms with van der Waals surface area (Å²) < 4.78 is 2.03. The molecule has 6 heteroatoms. The van der Waals surface area contributed by atoms with Gasteiger partial charge < -0.3 is 0 Å². The van der Waals surface area contributed by atoms with Gasteiger partial charge in [0, 0.05) is 10.8 Å². The zero-order chi connectivity index (χ0) is 11.4. The Balaban J connectivity index is 1.94. The van der Waals surface area contributed by atoms with Gasteiger partial charge in [-0.2, -0.15) is 0 Å². The third kappa shape index (κ3) is 3.38. The molecule has 16 heavy (non-hydrogen) atoms. The number of halogens is 1. The first-order valence-corrected chi connectivity index (χ1v) is 7.93. The molecule has 0 aliphatic carbocycles. The third-order valence-electron chi connectivity index (χ3n) is 1.84. The van der Waals surface area contributed by atoms with Crippen molar-refractivity contribution in [3.8, 4) is 0 Å². The van der Waals surface area contributed by atoms with E-state index in [1.165, 1.54) is 5.56 Å². The minimum atomic E-state index is 0.773. The Morgan fingerprint density at radius 1 is 1.19 bits per heavy atom. The maximum atomic E-state index is 5.82. The summed E-state index contributed by atoms with van der Waals surface area (Å²) in [5.74, 6) is 0.903. The van der Waals surface area contributed by atoms with Crippen LogP contribution in [0.15, 0.2) is 32.9 Å². The number of rotatable bonds is 4. The standard InChI is InChI=1S/C10H9ClN2S3/c1-14-9-12-13-10(16-9)15-6-7-2-4-8(11)5-3-7/h2-5H,6H2,1H3. The molecular weight excluding hydrogens is 280 g/mol. The highest BCUT2D eigenvalue weighted by Crippen LogP contribution is 2.29. The van der Waals surface area contributed by atoms with Gasteiger partial charge in [0.05, 0.1) is 0 Å². The second kappa shape index (κ2) is 5.91. The van der Waals surface area contributed by atoms with E-state index in [0.29, 0.717) is 0 Å². The molecule has 2 rings (SSSR count). The zero-order valence-electron chi connectivity index (χ0n) is 8.51. The van der Waals surface area contributed by atoms with Gasteiger partial charge in [-0.3, -0.25) is 0 Å². The largest absolute Gasteiger partial charge is 0.175 e. The first-order valence-electron chi connectivity index (χ1n) is 4.52. The van der Waals surface area contributed by atoms with Gasteiger partial charge in [0.25, 0.3) is 0 Å². The number of thioether (sulfide) groups is 2. The molecule has 0 saturated carbocycles. The first-order chi connectivity index (χ1) is 7.78. The topological polar surface area (TPSA) is 25.8 Å². The molecule has 1 heterocycles. The average Bonchev–Trinajstić information content (AvgIpc) is 2.76. The molecule has 0 bridgehead atoms. The van der Waals surface area contributed by atoms with E-state index >= 15 is 0 Å². The Morgan fingerprint density at radius 2 is 1.88 bits per heavy atom. The van der Waals surface area contributed by atoms with Crippen molar-refractivity contribution in [3.63, 3.8) is 0 Å². The normalized spacial score (nSPS) is 10.6. The molecule has 0 amide bonds. The maximum absolute atomic E-state index is 5.82. The third-order valence-corrected chi connectivity index (χ3v) is 5.19. The van der Waals surface area contributed by atoms with Gasteiger partial charge in [-0.05, 0) is 24.0 Å². The van der Waals surface area contributed by atoms with Crippen molar-refractivity contribution in [3.05, 3.63) is 34.9 Å². The summed E-state index contributed by atoms with van der Waals surface area (Å²) in [6, 6.07) is 7.88. The van der Waals surface area contributed by atoms with Crippen LogP contribution in [0.25, 0.3) is 0 Å². The van der Waals surface area contributed by atoms with Crippen LogP contribution in [0.2, 0.25) is 5.02 Å². The van der Waals surface area contributed by atoms with Crippen LogP contribution in [0.3, 0.4) is 0 Å². The lowest BCUT2D eigenvalue weighted by Gasteiger charge is -1.98. The van der Waals surface area contributed by atoms with Crippen molar-refractivity contribution in [2.75, 3.05) is 6.26 Å². The molecule has 2 aromatic rings. The van der Waals surface area contributed by atoms with Crippen LogP contribution < -0.4 is 0 Å². The number of aromatic nitrogens is 2. The minimum absolute atomic E-state index is 0.773. The SMILES string of the molecule is CSc1nnc(SCc2ccc(Cl)cc2)s1. The molecule has 0 aliphatic heterocycles. The second-order valence-electron chi connectivity index (χ2n) is 2.95. The van der Waals surface area contributed by atoms with E-state index in [4.69, 9.17) is 11.6 Å². The van der Waals surface area contributed by atoms with Crippen molar-refractivity contribution in [1.82, 2.24) is 10.2 Å². The van der Waals surface area contributed by atoms with E-state index < -0.39 is 0 Å². The quantitative estimate of drug-likeness (QED) is 0.787. The summed E-state index contributed by atoms with van der Waals surface area (Å²) in [5, 5.41) is 8.93. The molecule has 0 spiro atoms.